The van der Waals surface area contributed by atoms with Crippen LogP contribution in [0.1, 0.15) is 60.9 Å². The summed E-state index contributed by atoms with van der Waals surface area (Å²) >= 11 is 0. The first kappa shape index (κ1) is 18.6. The molecule has 0 spiro atoms. The predicted octanol–water partition coefficient (Wildman–Crippen LogP) is 3.11. The fraction of sp³-hybridized carbons (Fsp3) is 0.389. The van der Waals surface area contributed by atoms with E-state index < -0.39 is 23.7 Å². The molecule has 1 aromatic carbocycles. The number of nitrogens with one attached hydrogen (secondary N) is 1. The monoisotopic (exact) mass is 347 g/mol. The van der Waals surface area contributed by atoms with Crippen LogP contribution in [0.4, 0.5) is 4.39 Å². The van der Waals surface area contributed by atoms with Gasteiger partial charge in [0.25, 0.3) is 5.91 Å². The first-order valence-corrected chi connectivity index (χ1v) is 8.17. The molecule has 1 aromatic heterocycles. The number of carbonyl (C=O) groups excluding carboxylic acids is 1. The highest BCUT2D eigenvalue weighted by molar-refractivity contribution is 5.93. The van der Waals surface area contributed by atoms with Gasteiger partial charge in [-0.25, -0.2) is 4.39 Å². The summed E-state index contributed by atoms with van der Waals surface area (Å²) in [6, 6.07) is 6.38. The number of aromatic nitrogens is 2. The maximum atomic E-state index is 13.1. The van der Waals surface area contributed by atoms with Crippen LogP contribution >= 0.6 is 0 Å². The summed E-state index contributed by atoms with van der Waals surface area (Å²) in [6.45, 7) is 6.36. The average Bonchev–Trinajstić information content (AvgIpc) is 2.99. The maximum absolute atomic E-state index is 13.1. The number of aryl methyl sites for hydroxylation is 1. The third kappa shape index (κ3) is 4.65. The minimum absolute atomic E-state index is 0.172. The molecule has 2 rings (SSSR count). The Bertz CT molecular complexity index is 753. The van der Waals surface area contributed by atoms with Gasteiger partial charge in [-0.2, -0.15) is 5.10 Å². The second-order valence-corrected chi connectivity index (χ2v) is 6.10. The number of amides is 1. The molecule has 0 saturated carbocycles. The van der Waals surface area contributed by atoms with E-state index in [1.54, 1.807) is 10.7 Å². The predicted molar refractivity (Wildman–Crippen MR) is 90.9 cm³/mol. The Kier molecular flexibility index (Phi) is 5.90. The number of rotatable bonds is 7. The van der Waals surface area contributed by atoms with Gasteiger partial charge in [0.1, 0.15) is 11.5 Å². The van der Waals surface area contributed by atoms with Crippen LogP contribution in [0.3, 0.4) is 0 Å². The number of carboxylic acid groups (broad SMARTS) is 1. The lowest BCUT2D eigenvalue weighted by atomic mass is 10.0. The highest BCUT2D eigenvalue weighted by Crippen LogP contribution is 2.20. The molecule has 0 fully saturated rings. The first-order chi connectivity index (χ1) is 11.8. The zero-order chi connectivity index (χ0) is 18.6. The number of hydrogen-bond donors (Lipinski definition) is 2. The SMILES string of the molecule is CCn1nc(C(C)C)cc1C(=O)N[C@@H](CC(=O)O)c1ccc(F)cc1. The molecular formula is C18H22FN3O3. The molecule has 0 unspecified atom stereocenters. The van der Waals surface area contributed by atoms with Crippen molar-refractivity contribution in [2.24, 2.45) is 0 Å². The number of nitrogens with zero attached hydrogens (tertiary/aromatic N) is 2. The van der Waals surface area contributed by atoms with Crippen molar-refractivity contribution in [2.45, 2.75) is 45.7 Å². The van der Waals surface area contributed by atoms with E-state index in [2.05, 4.69) is 10.4 Å². The van der Waals surface area contributed by atoms with Gasteiger partial charge in [0.15, 0.2) is 0 Å². The van der Waals surface area contributed by atoms with Gasteiger partial charge in [0.05, 0.1) is 18.2 Å². The Balaban J connectivity index is 2.27. The molecule has 0 radical (unpaired) electrons. The van der Waals surface area contributed by atoms with Gasteiger partial charge in [0.2, 0.25) is 0 Å². The molecular weight excluding hydrogens is 325 g/mol. The van der Waals surface area contributed by atoms with Crippen molar-refractivity contribution < 1.29 is 19.1 Å². The minimum atomic E-state index is -1.05. The quantitative estimate of drug-likeness (QED) is 0.806. The lowest BCUT2D eigenvalue weighted by molar-refractivity contribution is -0.137. The molecule has 2 aromatic rings. The van der Waals surface area contributed by atoms with E-state index in [9.17, 15) is 14.0 Å². The highest BCUT2D eigenvalue weighted by atomic mass is 19.1. The van der Waals surface area contributed by atoms with Gasteiger partial charge < -0.3 is 10.4 Å². The van der Waals surface area contributed by atoms with Crippen molar-refractivity contribution in [3.63, 3.8) is 0 Å². The van der Waals surface area contributed by atoms with Crippen LogP contribution in [0.25, 0.3) is 0 Å². The highest BCUT2D eigenvalue weighted by Gasteiger charge is 2.22. The Morgan fingerprint density at radius 1 is 1.28 bits per heavy atom. The van der Waals surface area contributed by atoms with E-state index in [4.69, 9.17) is 5.11 Å². The second kappa shape index (κ2) is 7.92. The molecule has 0 aliphatic rings. The van der Waals surface area contributed by atoms with Crippen molar-refractivity contribution in [3.8, 4) is 0 Å². The van der Waals surface area contributed by atoms with Crippen LogP contribution in [-0.2, 0) is 11.3 Å². The summed E-state index contributed by atoms with van der Waals surface area (Å²) in [7, 11) is 0. The molecule has 0 aliphatic carbocycles. The Hall–Kier alpha value is -2.70. The van der Waals surface area contributed by atoms with E-state index in [0.717, 1.165) is 5.69 Å². The van der Waals surface area contributed by atoms with E-state index >= 15 is 0 Å². The number of hydrogen-bond acceptors (Lipinski definition) is 3. The van der Waals surface area contributed by atoms with Gasteiger partial charge in [-0.1, -0.05) is 26.0 Å². The molecule has 2 N–H and O–H groups in total. The molecule has 1 amide bonds. The van der Waals surface area contributed by atoms with Crippen LogP contribution in [0.5, 0.6) is 0 Å². The lowest BCUT2D eigenvalue weighted by Crippen LogP contribution is -2.31. The minimum Gasteiger partial charge on any atom is -0.481 e. The van der Waals surface area contributed by atoms with Crippen LogP contribution < -0.4 is 5.32 Å². The number of halogens is 1. The van der Waals surface area contributed by atoms with Crippen LogP contribution in [0.15, 0.2) is 30.3 Å². The summed E-state index contributed by atoms with van der Waals surface area (Å²) < 4.78 is 14.7. The fourth-order valence-electron chi connectivity index (χ4n) is 2.50. The topological polar surface area (TPSA) is 84.2 Å². The lowest BCUT2D eigenvalue weighted by Gasteiger charge is -2.17. The molecule has 134 valence electrons. The Morgan fingerprint density at radius 3 is 2.44 bits per heavy atom. The average molecular weight is 347 g/mol. The van der Waals surface area contributed by atoms with Crippen LogP contribution in [0.2, 0.25) is 0 Å². The van der Waals surface area contributed by atoms with E-state index in [-0.39, 0.29) is 12.3 Å². The van der Waals surface area contributed by atoms with Crippen LogP contribution in [-0.4, -0.2) is 26.8 Å². The molecule has 7 heteroatoms. The number of carbonyl (C=O) groups is 2. The zero-order valence-electron chi connectivity index (χ0n) is 14.5. The van der Waals surface area contributed by atoms with Gasteiger partial charge in [-0.05, 0) is 36.6 Å². The van der Waals surface area contributed by atoms with Gasteiger partial charge in [0, 0.05) is 6.54 Å². The fourth-order valence-corrected chi connectivity index (χ4v) is 2.50. The van der Waals surface area contributed by atoms with Gasteiger partial charge in [-0.3, -0.25) is 14.3 Å². The number of aliphatic carboxylic acids is 1. The van der Waals surface area contributed by atoms with E-state index in [0.29, 0.717) is 17.8 Å². The molecule has 0 saturated heterocycles. The molecule has 1 atom stereocenters. The second-order valence-electron chi connectivity index (χ2n) is 6.10. The molecule has 6 nitrogen and oxygen atoms in total. The standard InChI is InChI=1S/C18H22FN3O3/c1-4-22-16(9-14(21-22)11(2)3)18(25)20-15(10-17(23)24)12-5-7-13(19)8-6-12/h5-9,11,15H,4,10H2,1-3H3,(H,20,25)(H,23,24)/t15-/m0/s1. The first-order valence-electron chi connectivity index (χ1n) is 8.17. The summed E-state index contributed by atoms with van der Waals surface area (Å²) in [4.78, 5) is 23.8. The van der Waals surface area contributed by atoms with Gasteiger partial charge in [-0.15, -0.1) is 0 Å². The Labute approximate surface area is 145 Å². The summed E-state index contributed by atoms with van der Waals surface area (Å²) in [5.41, 5.74) is 1.70. The van der Waals surface area contributed by atoms with Crippen molar-refractivity contribution in [1.82, 2.24) is 15.1 Å². The Morgan fingerprint density at radius 2 is 1.92 bits per heavy atom. The summed E-state index contributed by atoms with van der Waals surface area (Å²) in [5, 5.41) is 16.2. The molecule has 0 bridgehead atoms. The van der Waals surface area contributed by atoms with Crippen LogP contribution in [0, 0.1) is 5.82 Å². The molecule has 1 heterocycles. The van der Waals surface area contributed by atoms with E-state index in [1.165, 1.54) is 24.3 Å². The van der Waals surface area contributed by atoms with Crippen molar-refractivity contribution in [1.29, 1.82) is 0 Å². The maximum Gasteiger partial charge on any atom is 0.305 e. The normalized spacial score (nSPS) is 12.2. The zero-order valence-corrected chi connectivity index (χ0v) is 14.5. The third-order valence-electron chi connectivity index (χ3n) is 3.88. The van der Waals surface area contributed by atoms with Gasteiger partial charge >= 0.3 is 5.97 Å². The van der Waals surface area contributed by atoms with Crippen molar-refractivity contribution in [3.05, 3.63) is 53.1 Å². The third-order valence-corrected chi connectivity index (χ3v) is 3.88. The summed E-state index contributed by atoms with van der Waals surface area (Å²) in [5.74, 6) is -1.71. The summed E-state index contributed by atoms with van der Waals surface area (Å²) in [6.07, 6.45) is -0.297. The van der Waals surface area contributed by atoms with Crippen molar-refractivity contribution in [2.75, 3.05) is 0 Å². The smallest absolute Gasteiger partial charge is 0.305 e. The largest absolute Gasteiger partial charge is 0.481 e. The molecule has 25 heavy (non-hydrogen) atoms. The van der Waals surface area contributed by atoms with E-state index in [1.807, 2.05) is 20.8 Å². The number of carboxylic acids is 1. The molecule has 0 aliphatic heterocycles. The van der Waals surface area contributed by atoms with Crippen molar-refractivity contribution >= 4 is 11.9 Å². The number of benzene rings is 1.